The molecule has 3 rings (SSSR count). The number of aromatic amines is 1. The van der Waals surface area contributed by atoms with Gasteiger partial charge in [-0.05, 0) is 24.5 Å². The number of H-pyrrole nitrogens is 1. The summed E-state index contributed by atoms with van der Waals surface area (Å²) < 4.78 is 4.88. The summed E-state index contributed by atoms with van der Waals surface area (Å²) in [5.74, 6) is -1.02. The first-order chi connectivity index (χ1) is 14.9. The zero-order valence-corrected chi connectivity index (χ0v) is 17.1. The number of carbonyl (C=O) groups is 3. The van der Waals surface area contributed by atoms with E-state index in [-0.39, 0.29) is 22.6 Å². The Morgan fingerprint density at radius 3 is 2.42 bits per heavy atom. The number of aromatic nitrogens is 1. The molecule has 0 aliphatic rings. The van der Waals surface area contributed by atoms with Crippen molar-refractivity contribution >= 4 is 24.0 Å². The number of hydrogen-bond donors (Lipinski definition) is 3. The van der Waals surface area contributed by atoms with Gasteiger partial charge in [0.1, 0.15) is 0 Å². The van der Waals surface area contributed by atoms with E-state index in [1.165, 1.54) is 13.3 Å². The van der Waals surface area contributed by atoms with Gasteiger partial charge in [0.05, 0.1) is 30.1 Å². The first kappa shape index (κ1) is 21.5. The molecule has 2 amide bonds. The summed E-state index contributed by atoms with van der Waals surface area (Å²) >= 11 is 0. The first-order valence-corrected chi connectivity index (χ1v) is 9.48. The van der Waals surface area contributed by atoms with E-state index in [2.05, 4.69) is 15.5 Å². The lowest BCUT2D eigenvalue weighted by Gasteiger charge is -2.10. The Labute approximate surface area is 179 Å². The molecule has 0 radical (unpaired) electrons. The summed E-state index contributed by atoms with van der Waals surface area (Å²) in [5.41, 5.74) is 10.3. The third-order valence-corrected chi connectivity index (χ3v) is 4.70. The van der Waals surface area contributed by atoms with Crippen LogP contribution in [0.15, 0.2) is 59.7 Å². The highest BCUT2D eigenvalue weighted by atomic mass is 16.5. The summed E-state index contributed by atoms with van der Waals surface area (Å²) in [6.07, 6.45) is 1.78. The molecule has 0 aliphatic carbocycles. The molecular formula is C23H22N4O4. The highest BCUT2D eigenvalue weighted by Crippen LogP contribution is 2.25. The monoisotopic (exact) mass is 418 g/mol. The number of nitrogens with two attached hydrogens (primary N) is 1. The summed E-state index contributed by atoms with van der Waals surface area (Å²) in [6.45, 7) is 1.65. The fraction of sp³-hybridized carbons (Fsp3) is 0.130. The van der Waals surface area contributed by atoms with Gasteiger partial charge in [-0.15, -0.1) is 0 Å². The second-order valence-electron chi connectivity index (χ2n) is 6.79. The van der Waals surface area contributed by atoms with Crippen LogP contribution in [0.3, 0.4) is 0 Å². The average Bonchev–Trinajstić information content (AvgIpc) is 3.09. The van der Waals surface area contributed by atoms with Crippen LogP contribution >= 0.6 is 0 Å². The topological polar surface area (TPSA) is 127 Å². The summed E-state index contributed by atoms with van der Waals surface area (Å²) in [4.78, 5) is 39.9. The number of urea groups is 1. The molecule has 8 heteroatoms. The van der Waals surface area contributed by atoms with Crippen LogP contribution in [0.1, 0.15) is 48.8 Å². The molecule has 0 saturated heterocycles. The quantitative estimate of drug-likeness (QED) is 0.236. The molecule has 0 fully saturated rings. The molecule has 0 bridgehead atoms. The molecule has 31 heavy (non-hydrogen) atoms. The van der Waals surface area contributed by atoms with Crippen molar-refractivity contribution in [2.45, 2.75) is 13.3 Å². The first-order valence-electron chi connectivity index (χ1n) is 9.48. The maximum absolute atomic E-state index is 13.6. The van der Waals surface area contributed by atoms with Crippen molar-refractivity contribution in [3.63, 3.8) is 0 Å². The lowest BCUT2D eigenvalue weighted by atomic mass is 9.92. The van der Waals surface area contributed by atoms with E-state index >= 15 is 0 Å². The number of nitrogens with one attached hydrogen (secondary N) is 2. The SMILES string of the molecule is COC(=O)c1c(C)[nH]c(C=NNC(N)=O)c1C(=O)c1ccccc1Cc1ccccc1. The number of hydrogen-bond acceptors (Lipinski definition) is 5. The van der Waals surface area contributed by atoms with Crippen LogP contribution in [0.2, 0.25) is 0 Å². The number of aryl methyl sites for hydroxylation is 1. The molecule has 0 unspecified atom stereocenters. The van der Waals surface area contributed by atoms with Crippen LogP contribution in [0, 0.1) is 6.92 Å². The van der Waals surface area contributed by atoms with Crippen LogP contribution < -0.4 is 11.2 Å². The number of ketones is 1. The second-order valence-corrected chi connectivity index (χ2v) is 6.79. The van der Waals surface area contributed by atoms with Crippen molar-refractivity contribution in [1.29, 1.82) is 0 Å². The largest absolute Gasteiger partial charge is 0.465 e. The van der Waals surface area contributed by atoms with Gasteiger partial charge in [0.25, 0.3) is 0 Å². The number of esters is 1. The molecule has 4 N–H and O–H groups in total. The number of rotatable bonds is 7. The Bertz CT molecular complexity index is 1150. The molecule has 0 atom stereocenters. The van der Waals surface area contributed by atoms with Crippen LogP contribution in [-0.4, -0.2) is 36.1 Å². The van der Waals surface area contributed by atoms with Crippen molar-refractivity contribution in [1.82, 2.24) is 10.4 Å². The van der Waals surface area contributed by atoms with Crippen molar-refractivity contribution < 1.29 is 19.1 Å². The van der Waals surface area contributed by atoms with E-state index in [1.54, 1.807) is 19.1 Å². The fourth-order valence-corrected chi connectivity index (χ4v) is 3.35. The molecule has 0 saturated carbocycles. The maximum Gasteiger partial charge on any atom is 0.340 e. The smallest absolute Gasteiger partial charge is 0.340 e. The van der Waals surface area contributed by atoms with Gasteiger partial charge in [0.15, 0.2) is 5.78 Å². The lowest BCUT2D eigenvalue weighted by molar-refractivity contribution is 0.0597. The normalized spacial score (nSPS) is 10.8. The Hall–Kier alpha value is -4.20. The summed E-state index contributed by atoms with van der Waals surface area (Å²) in [6, 6.07) is 16.1. The number of benzene rings is 2. The van der Waals surface area contributed by atoms with Crippen LogP contribution in [0.25, 0.3) is 0 Å². The van der Waals surface area contributed by atoms with Crippen molar-refractivity contribution in [2.75, 3.05) is 7.11 Å². The lowest BCUT2D eigenvalue weighted by Crippen LogP contribution is -2.24. The van der Waals surface area contributed by atoms with Gasteiger partial charge in [-0.2, -0.15) is 5.10 Å². The van der Waals surface area contributed by atoms with Gasteiger partial charge in [-0.3, -0.25) is 4.79 Å². The number of ether oxygens (including phenoxy) is 1. The maximum atomic E-state index is 13.6. The number of primary amides is 1. The van der Waals surface area contributed by atoms with E-state index < -0.39 is 12.0 Å². The van der Waals surface area contributed by atoms with E-state index in [4.69, 9.17) is 10.5 Å². The standard InChI is InChI=1S/C23H22N4O4/c1-14-19(22(29)31-2)20(18(26-14)13-25-27-23(24)30)21(28)17-11-7-6-10-16(17)12-15-8-4-3-5-9-15/h3-11,13,26H,12H2,1-2H3,(H3,24,27,30). The van der Waals surface area contributed by atoms with Gasteiger partial charge < -0.3 is 15.5 Å². The van der Waals surface area contributed by atoms with Crippen molar-refractivity contribution in [3.05, 3.63) is 93.8 Å². The van der Waals surface area contributed by atoms with Crippen LogP contribution in [-0.2, 0) is 11.2 Å². The average molecular weight is 418 g/mol. The molecule has 3 aromatic rings. The molecule has 0 aliphatic heterocycles. The Kier molecular flexibility index (Phi) is 6.61. The van der Waals surface area contributed by atoms with Crippen molar-refractivity contribution in [2.24, 2.45) is 10.8 Å². The molecular weight excluding hydrogens is 396 g/mol. The predicted molar refractivity (Wildman–Crippen MR) is 116 cm³/mol. The van der Waals surface area contributed by atoms with E-state index in [1.807, 2.05) is 42.5 Å². The summed E-state index contributed by atoms with van der Waals surface area (Å²) in [7, 11) is 1.24. The Morgan fingerprint density at radius 2 is 1.74 bits per heavy atom. The number of methoxy groups -OCH3 is 1. The van der Waals surface area contributed by atoms with Gasteiger partial charge >= 0.3 is 12.0 Å². The van der Waals surface area contributed by atoms with Gasteiger partial charge in [0.2, 0.25) is 0 Å². The molecule has 1 aromatic heterocycles. The highest BCUT2D eigenvalue weighted by Gasteiger charge is 2.28. The molecule has 158 valence electrons. The fourth-order valence-electron chi connectivity index (χ4n) is 3.35. The van der Waals surface area contributed by atoms with E-state index in [9.17, 15) is 14.4 Å². The van der Waals surface area contributed by atoms with Crippen LogP contribution in [0.4, 0.5) is 4.79 Å². The number of nitrogens with zero attached hydrogens (tertiary/aromatic N) is 1. The van der Waals surface area contributed by atoms with Gasteiger partial charge in [-0.1, -0.05) is 54.6 Å². The minimum absolute atomic E-state index is 0.111. The third-order valence-electron chi connectivity index (χ3n) is 4.70. The van der Waals surface area contributed by atoms with E-state index in [0.29, 0.717) is 17.7 Å². The molecule has 1 heterocycles. The number of hydrazone groups is 1. The van der Waals surface area contributed by atoms with Gasteiger partial charge in [-0.25, -0.2) is 15.0 Å². The third kappa shape index (κ3) is 4.87. The molecule has 2 aromatic carbocycles. The number of carbonyl (C=O) groups excluding carboxylic acids is 3. The Morgan fingerprint density at radius 1 is 1.06 bits per heavy atom. The minimum Gasteiger partial charge on any atom is -0.465 e. The molecule has 0 spiro atoms. The predicted octanol–water partition coefficient (Wildman–Crippen LogP) is 2.93. The van der Waals surface area contributed by atoms with Gasteiger partial charge in [0, 0.05) is 11.3 Å². The minimum atomic E-state index is -0.853. The van der Waals surface area contributed by atoms with E-state index in [0.717, 1.165) is 11.1 Å². The zero-order valence-electron chi connectivity index (χ0n) is 17.1. The Balaban J connectivity index is 2.09. The zero-order chi connectivity index (χ0) is 22.4. The summed E-state index contributed by atoms with van der Waals surface area (Å²) in [5, 5.41) is 3.72. The second kappa shape index (κ2) is 9.53. The number of amides is 2. The molecule has 8 nitrogen and oxygen atoms in total. The van der Waals surface area contributed by atoms with Crippen LogP contribution in [0.5, 0.6) is 0 Å². The highest BCUT2D eigenvalue weighted by molar-refractivity contribution is 6.19. The van der Waals surface area contributed by atoms with Crippen molar-refractivity contribution in [3.8, 4) is 0 Å².